The lowest BCUT2D eigenvalue weighted by Gasteiger charge is -2.05. The zero-order valence-electron chi connectivity index (χ0n) is 13.5. The molecule has 1 heterocycles. The number of para-hydroxylation sites is 1. The first-order valence-electron chi connectivity index (χ1n) is 7.63. The lowest BCUT2D eigenvalue weighted by molar-refractivity contribution is 0.103. The summed E-state index contributed by atoms with van der Waals surface area (Å²) in [6, 6.07) is 15.8. The summed E-state index contributed by atoms with van der Waals surface area (Å²) in [7, 11) is -3.77. The molecule has 0 aliphatic rings. The van der Waals surface area contributed by atoms with Crippen molar-refractivity contribution in [3.8, 4) is 0 Å². The molecule has 8 heteroatoms. The summed E-state index contributed by atoms with van der Waals surface area (Å²) < 4.78 is 40.0. The van der Waals surface area contributed by atoms with Crippen LogP contribution >= 0.6 is 11.3 Å². The van der Waals surface area contributed by atoms with Crippen LogP contribution in [0.5, 0.6) is 0 Å². The maximum Gasteiger partial charge on any atom is 0.265 e. The van der Waals surface area contributed by atoms with E-state index in [0.29, 0.717) is 11.3 Å². The van der Waals surface area contributed by atoms with E-state index in [4.69, 9.17) is 0 Å². The second-order valence-corrected chi connectivity index (χ2v) is 8.10. The molecule has 0 radical (unpaired) electrons. The molecule has 3 aromatic rings. The molecule has 0 unspecified atom stereocenters. The van der Waals surface area contributed by atoms with Crippen LogP contribution in [-0.2, 0) is 16.6 Å². The van der Waals surface area contributed by atoms with Gasteiger partial charge in [-0.3, -0.25) is 4.79 Å². The highest BCUT2D eigenvalue weighted by Crippen LogP contribution is 2.21. The second kappa shape index (κ2) is 7.77. The number of amides is 1. The third kappa shape index (κ3) is 4.54. The van der Waals surface area contributed by atoms with Crippen molar-refractivity contribution in [2.45, 2.75) is 11.4 Å². The number of hydrogen-bond donors (Lipinski definition) is 2. The summed E-state index contributed by atoms with van der Waals surface area (Å²) in [5.74, 6) is -0.760. The van der Waals surface area contributed by atoms with Gasteiger partial charge >= 0.3 is 0 Å². The second-order valence-electron chi connectivity index (χ2n) is 5.42. The van der Waals surface area contributed by atoms with Crippen LogP contribution in [-0.4, -0.2) is 14.3 Å². The molecule has 1 aromatic heterocycles. The Kier molecular flexibility index (Phi) is 5.46. The third-order valence-corrected chi connectivity index (χ3v) is 5.98. The highest BCUT2D eigenvalue weighted by atomic mass is 32.2. The predicted molar refractivity (Wildman–Crippen MR) is 99.1 cm³/mol. The summed E-state index contributed by atoms with van der Waals surface area (Å²) in [4.78, 5) is 12.5. The standard InChI is InChI=1S/C18H15FN2O3S2/c19-14-8-6-13(7-9-14)11-20-26(23,24)16-10-17(25-12-16)18(22)21-15-4-2-1-3-5-15/h1-10,12,20H,11H2,(H,21,22). The van der Waals surface area contributed by atoms with E-state index in [-0.39, 0.29) is 28.0 Å². The third-order valence-electron chi connectivity index (χ3n) is 3.52. The van der Waals surface area contributed by atoms with Crippen LogP contribution in [0.3, 0.4) is 0 Å². The number of hydrogen-bond acceptors (Lipinski definition) is 4. The van der Waals surface area contributed by atoms with E-state index in [1.165, 1.54) is 35.7 Å². The summed E-state index contributed by atoms with van der Waals surface area (Å²) in [5, 5.41) is 4.12. The molecule has 0 aliphatic heterocycles. The molecule has 0 spiro atoms. The summed E-state index contributed by atoms with van der Waals surface area (Å²) in [6.07, 6.45) is 0. The molecule has 2 aromatic carbocycles. The van der Waals surface area contributed by atoms with Gasteiger partial charge in [0, 0.05) is 17.6 Å². The lowest BCUT2D eigenvalue weighted by Crippen LogP contribution is -2.22. The Morgan fingerprint density at radius 2 is 1.73 bits per heavy atom. The molecule has 0 bridgehead atoms. The fourth-order valence-corrected chi connectivity index (χ4v) is 4.34. The van der Waals surface area contributed by atoms with E-state index in [1.54, 1.807) is 24.3 Å². The quantitative estimate of drug-likeness (QED) is 0.675. The average molecular weight is 390 g/mol. The zero-order valence-corrected chi connectivity index (χ0v) is 15.1. The van der Waals surface area contributed by atoms with Gasteiger partial charge in [0.05, 0.1) is 9.77 Å². The first-order valence-corrected chi connectivity index (χ1v) is 9.99. The van der Waals surface area contributed by atoms with E-state index in [0.717, 1.165) is 11.3 Å². The Bertz CT molecular complexity index is 1000. The van der Waals surface area contributed by atoms with Gasteiger partial charge in [0.1, 0.15) is 5.82 Å². The fourth-order valence-electron chi connectivity index (χ4n) is 2.16. The first kappa shape index (κ1) is 18.2. The molecule has 0 atom stereocenters. The van der Waals surface area contributed by atoms with Crippen LogP contribution in [0.15, 0.2) is 70.9 Å². The number of thiophene rings is 1. The molecule has 3 rings (SSSR count). The van der Waals surface area contributed by atoms with Gasteiger partial charge in [-0.05, 0) is 35.9 Å². The number of anilines is 1. The van der Waals surface area contributed by atoms with Gasteiger partial charge in [-0.25, -0.2) is 17.5 Å². The van der Waals surface area contributed by atoms with Gasteiger partial charge in [-0.15, -0.1) is 11.3 Å². The molecule has 5 nitrogen and oxygen atoms in total. The van der Waals surface area contributed by atoms with E-state index in [9.17, 15) is 17.6 Å². The molecular weight excluding hydrogens is 375 g/mol. The number of halogens is 1. The van der Waals surface area contributed by atoms with Crippen LogP contribution in [0, 0.1) is 5.82 Å². The van der Waals surface area contributed by atoms with Gasteiger partial charge in [0.15, 0.2) is 0 Å². The van der Waals surface area contributed by atoms with Crippen LogP contribution < -0.4 is 10.0 Å². The van der Waals surface area contributed by atoms with Crippen LogP contribution in [0.25, 0.3) is 0 Å². The molecule has 1 amide bonds. The first-order chi connectivity index (χ1) is 12.4. The van der Waals surface area contributed by atoms with Crippen molar-refractivity contribution in [3.05, 3.63) is 82.3 Å². The van der Waals surface area contributed by atoms with E-state index in [1.807, 2.05) is 6.07 Å². The molecule has 0 saturated heterocycles. The average Bonchev–Trinajstić information content (AvgIpc) is 3.13. The molecule has 134 valence electrons. The minimum absolute atomic E-state index is 0.0165. The predicted octanol–water partition coefficient (Wildman–Crippen LogP) is 3.62. The molecule has 0 fully saturated rings. The van der Waals surface area contributed by atoms with E-state index < -0.39 is 10.0 Å². The maximum absolute atomic E-state index is 12.9. The monoisotopic (exact) mass is 390 g/mol. The maximum atomic E-state index is 12.9. The highest BCUT2D eigenvalue weighted by molar-refractivity contribution is 7.89. The number of nitrogens with one attached hydrogen (secondary N) is 2. The van der Waals surface area contributed by atoms with Crippen molar-refractivity contribution in [2.75, 3.05) is 5.32 Å². The van der Waals surface area contributed by atoms with Crippen LogP contribution in [0.1, 0.15) is 15.2 Å². The largest absolute Gasteiger partial charge is 0.321 e. The fraction of sp³-hybridized carbons (Fsp3) is 0.0556. The van der Waals surface area contributed by atoms with Crippen molar-refractivity contribution in [1.29, 1.82) is 0 Å². The van der Waals surface area contributed by atoms with Gasteiger partial charge in [-0.2, -0.15) is 0 Å². The van der Waals surface area contributed by atoms with Crippen molar-refractivity contribution in [2.24, 2.45) is 0 Å². The smallest absolute Gasteiger partial charge is 0.265 e. The Labute approximate surface area is 154 Å². The molecule has 0 aliphatic carbocycles. The topological polar surface area (TPSA) is 75.3 Å². The van der Waals surface area contributed by atoms with Gasteiger partial charge in [-0.1, -0.05) is 30.3 Å². The number of sulfonamides is 1. The minimum atomic E-state index is -3.77. The highest BCUT2D eigenvalue weighted by Gasteiger charge is 2.18. The minimum Gasteiger partial charge on any atom is -0.321 e. The van der Waals surface area contributed by atoms with E-state index in [2.05, 4.69) is 10.0 Å². The molecule has 26 heavy (non-hydrogen) atoms. The Morgan fingerprint density at radius 3 is 2.42 bits per heavy atom. The number of benzene rings is 2. The van der Waals surface area contributed by atoms with Crippen molar-refractivity contribution < 1.29 is 17.6 Å². The lowest BCUT2D eigenvalue weighted by atomic mass is 10.2. The number of carbonyl (C=O) groups is 1. The van der Waals surface area contributed by atoms with E-state index >= 15 is 0 Å². The molecular formula is C18H15FN2O3S2. The van der Waals surface area contributed by atoms with Gasteiger partial charge in [0.25, 0.3) is 5.91 Å². The summed E-state index contributed by atoms with van der Waals surface area (Å²) in [6.45, 7) is 0.0318. The molecule has 0 saturated carbocycles. The summed E-state index contributed by atoms with van der Waals surface area (Å²) >= 11 is 1.05. The van der Waals surface area contributed by atoms with Gasteiger partial charge < -0.3 is 5.32 Å². The molecule has 2 N–H and O–H groups in total. The van der Waals surface area contributed by atoms with Crippen LogP contribution in [0.4, 0.5) is 10.1 Å². The SMILES string of the molecule is O=C(Nc1ccccc1)c1cc(S(=O)(=O)NCc2ccc(F)cc2)cs1. The normalized spacial score (nSPS) is 11.3. The number of rotatable bonds is 6. The Morgan fingerprint density at radius 1 is 1.04 bits per heavy atom. The zero-order chi connectivity index (χ0) is 18.6. The Hall–Kier alpha value is -2.55. The van der Waals surface area contributed by atoms with Crippen molar-refractivity contribution >= 4 is 33.0 Å². The van der Waals surface area contributed by atoms with Gasteiger partial charge in [0.2, 0.25) is 10.0 Å². The Balaban J connectivity index is 1.67. The summed E-state index contributed by atoms with van der Waals surface area (Å²) in [5.41, 5.74) is 1.26. The number of carbonyl (C=O) groups excluding carboxylic acids is 1. The van der Waals surface area contributed by atoms with Crippen molar-refractivity contribution in [1.82, 2.24) is 4.72 Å². The van der Waals surface area contributed by atoms with Crippen LogP contribution in [0.2, 0.25) is 0 Å². The van der Waals surface area contributed by atoms with Crippen molar-refractivity contribution in [3.63, 3.8) is 0 Å².